The minimum absolute atomic E-state index is 0.209. The summed E-state index contributed by atoms with van der Waals surface area (Å²) in [7, 11) is 0. The molecule has 1 amide bonds. The number of rotatable bonds is 1. The molecule has 1 rings (SSSR count). The maximum absolute atomic E-state index is 11.8. The van der Waals surface area contributed by atoms with E-state index in [1.165, 1.54) is 0 Å². The third-order valence-corrected chi connectivity index (χ3v) is 2.82. The monoisotopic (exact) mass is 246 g/mol. The molecule has 0 radical (unpaired) electrons. The summed E-state index contributed by atoms with van der Waals surface area (Å²) in [6.07, 6.45) is -0.209. The SMILES string of the molecule is CC(S)N1CCN(C(=O)OC(C)(C)C)CC1. The first-order valence-electron chi connectivity index (χ1n) is 5.69. The standard InChI is InChI=1S/C11H22N2O2S/c1-9(16)12-5-7-13(8-6-12)10(14)15-11(2,3)4/h9,16H,5-8H2,1-4H3. The summed E-state index contributed by atoms with van der Waals surface area (Å²) in [5.41, 5.74) is -0.412. The van der Waals surface area contributed by atoms with E-state index in [9.17, 15) is 4.79 Å². The van der Waals surface area contributed by atoms with Crippen molar-refractivity contribution in [2.45, 2.75) is 38.7 Å². The van der Waals surface area contributed by atoms with Gasteiger partial charge in [-0.05, 0) is 27.7 Å². The van der Waals surface area contributed by atoms with Crippen LogP contribution in [0.15, 0.2) is 0 Å². The van der Waals surface area contributed by atoms with E-state index < -0.39 is 5.60 Å². The molecular formula is C11H22N2O2S. The zero-order chi connectivity index (χ0) is 12.3. The molecule has 0 aromatic carbocycles. The molecule has 0 spiro atoms. The van der Waals surface area contributed by atoms with Crippen molar-refractivity contribution in [3.63, 3.8) is 0 Å². The number of thiol groups is 1. The van der Waals surface area contributed by atoms with E-state index in [1.54, 1.807) is 4.90 Å². The van der Waals surface area contributed by atoms with Gasteiger partial charge in [0, 0.05) is 26.2 Å². The van der Waals surface area contributed by atoms with Gasteiger partial charge in [-0.2, -0.15) is 12.6 Å². The van der Waals surface area contributed by atoms with Crippen molar-refractivity contribution in [2.24, 2.45) is 0 Å². The minimum atomic E-state index is -0.412. The van der Waals surface area contributed by atoms with Crippen LogP contribution in [0.4, 0.5) is 4.79 Å². The molecule has 1 unspecified atom stereocenters. The number of nitrogens with zero attached hydrogens (tertiary/aromatic N) is 2. The lowest BCUT2D eigenvalue weighted by atomic mass is 10.2. The molecule has 4 nitrogen and oxygen atoms in total. The van der Waals surface area contributed by atoms with E-state index in [1.807, 2.05) is 27.7 Å². The lowest BCUT2D eigenvalue weighted by molar-refractivity contribution is 0.0141. The van der Waals surface area contributed by atoms with Gasteiger partial charge in [-0.3, -0.25) is 4.90 Å². The van der Waals surface area contributed by atoms with Gasteiger partial charge in [0.1, 0.15) is 5.60 Å². The zero-order valence-corrected chi connectivity index (χ0v) is 11.5. The summed E-state index contributed by atoms with van der Waals surface area (Å²) in [5, 5.41) is 0.251. The highest BCUT2D eigenvalue weighted by Gasteiger charge is 2.26. The van der Waals surface area contributed by atoms with Crippen LogP contribution in [0.3, 0.4) is 0 Å². The van der Waals surface area contributed by atoms with Crippen LogP contribution in [0.25, 0.3) is 0 Å². The molecule has 16 heavy (non-hydrogen) atoms. The van der Waals surface area contributed by atoms with Gasteiger partial charge in [0.2, 0.25) is 0 Å². The third kappa shape index (κ3) is 4.22. The highest BCUT2D eigenvalue weighted by Crippen LogP contribution is 2.13. The van der Waals surface area contributed by atoms with Crippen LogP contribution in [-0.4, -0.2) is 53.0 Å². The van der Waals surface area contributed by atoms with E-state index in [0.717, 1.165) is 26.2 Å². The van der Waals surface area contributed by atoms with Gasteiger partial charge in [0.15, 0.2) is 0 Å². The summed E-state index contributed by atoms with van der Waals surface area (Å²) < 4.78 is 5.32. The fourth-order valence-corrected chi connectivity index (χ4v) is 1.84. The van der Waals surface area contributed by atoms with Crippen LogP contribution < -0.4 is 0 Å². The molecule has 1 aliphatic heterocycles. The first-order chi connectivity index (χ1) is 7.29. The number of hydrogen-bond acceptors (Lipinski definition) is 4. The predicted molar refractivity (Wildman–Crippen MR) is 67.8 cm³/mol. The van der Waals surface area contributed by atoms with Gasteiger partial charge in [-0.15, -0.1) is 0 Å². The Kier molecular flexibility index (Phi) is 4.50. The van der Waals surface area contributed by atoms with Gasteiger partial charge < -0.3 is 9.64 Å². The van der Waals surface area contributed by atoms with Crippen LogP contribution in [0.2, 0.25) is 0 Å². The van der Waals surface area contributed by atoms with Gasteiger partial charge in [0.25, 0.3) is 0 Å². The van der Waals surface area contributed by atoms with Crippen molar-refractivity contribution in [1.29, 1.82) is 0 Å². The second-order valence-corrected chi connectivity index (χ2v) is 5.88. The first-order valence-corrected chi connectivity index (χ1v) is 6.21. The Morgan fingerprint density at radius 3 is 2.12 bits per heavy atom. The van der Waals surface area contributed by atoms with E-state index >= 15 is 0 Å². The largest absolute Gasteiger partial charge is 0.444 e. The Balaban J connectivity index is 2.39. The van der Waals surface area contributed by atoms with Crippen LogP contribution in [0, 0.1) is 0 Å². The molecule has 1 aliphatic rings. The van der Waals surface area contributed by atoms with E-state index in [-0.39, 0.29) is 11.5 Å². The van der Waals surface area contributed by atoms with E-state index in [0.29, 0.717) is 0 Å². The molecule has 0 saturated carbocycles. The molecule has 0 aromatic heterocycles. The maximum Gasteiger partial charge on any atom is 0.410 e. The number of piperazine rings is 1. The second-order valence-electron chi connectivity index (χ2n) is 5.14. The zero-order valence-electron chi connectivity index (χ0n) is 10.6. The molecule has 1 atom stereocenters. The molecule has 94 valence electrons. The molecule has 0 bridgehead atoms. The Labute approximate surface area is 103 Å². The smallest absolute Gasteiger partial charge is 0.410 e. The molecule has 1 fully saturated rings. The third-order valence-electron chi connectivity index (χ3n) is 2.49. The van der Waals surface area contributed by atoms with Gasteiger partial charge in [-0.1, -0.05) is 0 Å². The highest BCUT2D eigenvalue weighted by molar-refractivity contribution is 7.80. The van der Waals surface area contributed by atoms with Crippen molar-refractivity contribution < 1.29 is 9.53 Å². The molecule has 0 N–H and O–H groups in total. The fraction of sp³-hybridized carbons (Fsp3) is 0.909. The quantitative estimate of drug-likeness (QED) is 0.716. The summed E-state index contributed by atoms with van der Waals surface area (Å²) in [6, 6.07) is 0. The van der Waals surface area contributed by atoms with Crippen molar-refractivity contribution in [3.8, 4) is 0 Å². The summed E-state index contributed by atoms with van der Waals surface area (Å²) in [4.78, 5) is 15.8. The van der Waals surface area contributed by atoms with Gasteiger partial charge >= 0.3 is 6.09 Å². The van der Waals surface area contributed by atoms with E-state index in [4.69, 9.17) is 4.74 Å². The number of ether oxygens (including phenoxy) is 1. The van der Waals surface area contributed by atoms with Crippen LogP contribution in [0.5, 0.6) is 0 Å². The summed E-state index contributed by atoms with van der Waals surface area (Å²) in [6.45, 7) is 10.9. The number of amides is 1. The summed E-state index contributed by atoms with van der Waals surface area (Å²) in [5.74, 6) is 0. The Morgan fingerprint density at radius 1 is 1.25 bits per heavy atom. The predicted octanol–water partition coefficient (Wildman–Crippen LogP) is 1.81. The lowest BCUT2D eigenvalue weighted by Crippen LogP contribution is -2.51. The average molecular weight is 246 g/mol. The van der Waals surface area contributed by atoms with Crippen molar-refractivity contribution in [2.75, 3.05) is 26.2 Å². The topological polar surface area (TPSA) is 32.8 Å². The minimum Gasteiger partial charge on any atom is -0.444 e. The summed E-state index contributed by atoms with van der Waals surface area (Å²) >= 11 is 4.38. The van der Waals surface area contributed by atoms with Gasteiger partial charge in [0.05, 0.1) is 5.37 Å². The first kappa shape index (κ1) is 13.6. The van der Waals surface area contributed by atoms with Crippen LogP contribution in [0.1, 0.15) is 27.7 Å². The Hall–Kier alpha value is -0.420. The highest BCUT2D eigenvalue weighted by atomic mass is 32.1. The molecule has 0 aromatic rings. The van der Waals surface area contributed by atoms with E-state index in [2.05, 4.69) is 17.5 Å². The average Bonchev–Trinajstić information content (AvgIpc) is 2.15. The molecule has 1 saturated heterocycles. The van der Waals surface area contributed by atoms with Crippen LogP contribution >= 0.6 is 12.6 Å². The molecular weight excluding hydrogens is 224 g/mol. The van der Waals surface area contributed by atoms with Crippen molar-refractivity contribution in [1.82, 2.24) is 9.80 Å². The molecule has 0 aliphatic carbocycles. The number of hydrogen-bond donors (Lipinski definition) is 1. The second kappa shape index (κ2) is 5.27. The molecule has 1 heterocycles. The normalized spacial score (nSPS) is 20.7. The van der Waals surface area contributed by atoms with Crippen molar-refractivity contribution in [3.05, 3.63) is 0 Å². The Morgan fingerprint density at radius 2 is 1.75 bits per heavy atom. The number of carbonyl (C=O) groups excluding carboxylic acids is 1. The Bertz CT molecular complexity index is 243. The van der Waals surface area contributed by atoms with Crippen molar-refractivity contribution >= 4 is 18.7 Å². The van der Waals surface area contributed by atoms with Gasteiger partial charge in [-0.25, -0.2) is 4.79 Å². The maximum atomic E-state index is 11.8. The fourth-order valence-electron chi connectivity index (χ4n) is 1.60. The number of carbonyl (C=O) groups is 1. The van der Waals surface area contributed by atoms with Crippen LogP contribution in [-0.2, 0) is 4.74 Å². The lowest BCUT2D eigenvalue weighted by Gasteiger charge is -2.37. The molecule has 5 heteroatoms.